The lowest BCUT2D eigenvalue weighted by atomic mass is 10.2. The Morgan fingerprint density at radius 1 is 1.38 bits per heavy atom. The van der Waals surface area contributed by atoms with Crippen molar-refractivity contribution >= 4 is 34.5 Å². The maximum Gasteiger partial charge on any atom is 0.326 e. The van der Waals surface area contributed by atoms with E-state index in [0.717, 1.165) is 16.7 Å². The molecule has 0 aliphatic carbocycles. The van der Waals surface area contributed by atoms with Gasteiger partial charge in [0.25, 0.3) is 0 Å². The van der Waals surface area contributed by atoms with E-state index in [1.807, 2.05) is 41.3 Å². The van der Waals surface area contributed by atoms with Crippen molar-refractivity contribution < 1.29 is 19.4 Å². The lowest BCUT2D eigenvalue weighted by molar-refractivity contribution is -0.141. The molecule has 2 aromatic rings. The number of carboxylic acids is 1. The number of methoxy groups -OCH3 is 1. The molecule has 2 N–H and O–H groups in total. The molecule has 24 heavy (non-hydrogen) atoms. The van der Waals surface area contributed by atoms with E-state index in [4.69, 9.17) is 9.84 Å². The van der Waals surface area contributed by atoms with Crippen molar-refractivity contribution in [2.45, 2.75) is 25.4 Å². The van der Waals surface area contributed by atoms with Gasteiger partial charge in [-0.15, -0.1) is 0 Å². The SMILES string of the molecule is COc1ccc2c(ccn2CCC(=O)NC(CCSC)C(=O)O)c1. The number of amides is 1. The molecule has 0 saturated carbocycles. The van der Waals surface area contributed by atoms with Gasteiger partial charge in [-0.3, -0.25) is 4.79 Å². The highest BCUT2D eigenvalue weighted by atomic mass is 32.2. The lowest BCUT2D eigenvalue weighted by Gasteiger charge is -2.14. The molecule has 0 aliphatic heterocycles. The molecule has 0 spiro atoms. The van der Waals surface area contributed by atoms with Gasteiger partial charge >= 0.3 is 5.97 Å². The zero-order valence-electron chi connectivity index (χ0n) is 13.8. The van der Waals surface area contributed by atoms with E-state index >= 15 is 0 Å². The van der Waals surface area contributed by atoms with Crippen molar-refractivity contribution in [2.24, 2.45) is 0 Å². The normalized spacial score (nSPS) is 12.1. The second-order valence-electron chi connectivity index (χ2n) is 5.42. The van der Waals surface area contributed by atoms with Crippen LogP contribution in [0.25, 0.3) is 10.9 Å². The standard InChI is InChI=1S/C17H22N2O4S/c1-23-13-3-4-15-12(11-13)5-8-19(15)9-6-16(20)18-14(17(21)22)7-10-24-2/h3-5,8,11,14H,6-7,9-10H2,1-2H3,(H,18,20)(H,21,22). The first-order valence-electron chi connectivity index (χ1n) is 7.69. The molecular weight excluding hydrogens is 328 g/mol. The first-order valence-corrected chi connectivity index (χ1v) is 9.08. The Morgan fingerprint density at radius 3 is 2.83 bits per heavy atom. The summed E-state index contributed by atoms with van der Waals surface area (Å²) in [4.78, 5) is 23.2. The van der Waals surface area contributed by atoms with Crippen molar-refractivity contribution in [1.82, 2.24) is 9.88 Å². The first kappa shape index (κ1) is 18.2. The van der Waals surface area contributed by atoms with Gasteiger partial charge in [-0.25, -0.2) is 4.79 Å². The number of ether oxygens (including phenoxy) is 1. The molecule has 0 saturated heterocycles. The van der Waals surface area contributed by atoms with Crippen LogP contribution in [0.5, 0.6) is 5.75 Å². The van der Waals surface area contributed by atoms with Gasteiger partial charge in [-0.05, 0) is 42.7 Å². The number of benzene rings is 1. The Labute approximate surface area is 145 Å². The number of thioether (sulfide) groups is 1. The summed E-state index contributed by atoms with van der Waals surface area (Å²) >= 11 is 1.56. The minimum absolute atomic E-state index is 0.235. The van der Waals surface area contributed by atoms with Crippen LogP contribution < -0.4 is 10.1 Å². The summed E-state index contributed by atoms with van der Waals surface area (Å²) < 4.78 is 7.18. The molecule has 1 amide bonds. The van der Waals surface area contributed by atoms with E-state index in [9.17, 15) is 9.59 Å². The largest absolute Gasteiger partial charge is 0.497 e. The number of aliphatic carboxylic acids is 1. The highest BCUT2D eigenvalue weighted by Gasteiger charge is 2.19. The minimum Gasteiger partial charge on any atom is -0.497 e. The van der Waals surface area contributed by atoms with Crippen molar-refractivity contribution in [2.75, 3.05) is 19.1 Å². The van der Waals surface area contributed by atoms with Crippen LogP contribution in [0.2, 0.25) is 0 Å². The van der Waals surface area contributed by atoms with Crippen molar-refractivity contribution in [3.8, 4) is 5.75 Å². The second-order valence-corrected chi connectivity index (χ2v) is 6.41. The molecule has 0 radical (unpaired) electrons. The van der Waals surface area contributed by atoms with Gasteiger partial charge in [0.05, 0.1) is 7.11 Å². The number of carboxylic acid groups (broad SMARTS) is 1. The van der Waals surface area contributed by atoms with E-state index in [1.54, 1.807) is 18.9 Å². The molecule has 1 heterocycles. The van der Waals surface area contributed by atoms with Gasteiger partial charge in [0.1, 0.15) is 11.8 Å². The molecule has 6 nitrogen and oxygen atoms in total. The summed E-state index contributed by atoms with van der Waals surface area (Å²) in [6, 6.07) is 6.91. The predicted molar refractivity (Wildman–Crippen MR) is 95.7 cm³/mol. The Balaban J connectivity index is 1.95. The Morgan fingerprint density at radius 2 is 2.17 bits per heavy atom. The zero-order valence-corrected chi connectivity index (χ0v) is 14.6. The number of aryl methyl sites for hydroxylation is 1. The van der Waals surface area contributed by atoms with Crippen LogP contribution in [-0.4, -0.2) is 46.7 Å². The van der Waals surface area contributed by atoms with E-state index in [-0.39, 0.29) is 12.3 Å². The van der Waals surface area contributed by atoms with Crippen molar-refractivity contribution in [1.29, 1.82) is 0 Å². The van der Waals surface area contributed by atoms with Gasteiger partial charge in [0, 0.05) is 30.1 Å². The Kier molecular flexibility index (Phi) is 6.54. The van der Waals surface area contributed by atoms with Gasteiger partial charge in [-0.1, -0.05) is 0 Å². The van der Waals surface area contributed by atoms with Gasteiger partial charge in [0.2, 0.25) is 5.91 Å². The van der Waals surface area contributed by atoms with Crippen LogP contribution in [0.15, 0.2) is 30.5 Å². The Bertz CT molecular complexity index is 714. The van der Waals surface area contributed by atoms with Crippen molar-refractivity contribution in [3.05, 3.63) is 30.5 Å². The maximum absolute atomic E-state index is 12.0. The third-order valence-corrected chi connectivity index (χ3v) is 4.45. The number of rotatable bonds is 9. The quantitative estimate of drug-likeness (QED) is 0.726. The molecule has 2 rings (SSSR count). The van der Waals surface area contributed by atoms with Gasteiger partial charge < -0.3 is 19.7 Å². The fraction of sp³-hybridized carbons (Fsp3) is 0.412. The molecule has 0 fully saturated rings. The molecule has 7 heteroatoms. The van der Waals surface area contributed by atoms with Crippen LogP contribution in [-0.2, 0) is 16.1 Å². The highest BCUT2D eigenvalue weighted by Crippen LogP contribution is 2.22. The van der Waals surface area contributed by atoms with Crippen molar-refractivity contribution in [3.63, 3.8) is 0 Å². The third kappa shape index (κ3) is 4.67. The third-order valence-electron chi connectivity index (χ3n) is 3.80. The summed E-state index contributed by atoms with van der Waals surface area (Å²) in [5.41, 5.74) is 1.01. The van der Waals surface area contributed by atoms with E-state index in [1.165, 1.54) is 0 Å². The van der Waals surface area contributed by atoms with Crippen LogP contribution in [0.4, 0.5) is 0 Å². The number of hydrogen-bond acceptors (Lipinski definition) is 4. The molecule has 1 unspecified atom stereocenters. The smallest absolute Gasteiger partial charge is 0.326 e. The molecule has 130 valence electrons. The summed E-state index contributed by atoms with van der Waals surface area (Å²) in [6.45, 7) is 0.497. The second kappa shape index (κ2) is 8.63. The van der Waals surface area contributed by atoms with Crippen LogP contribution >= 0.6 is 11.8 Å². The number of nitrogens with one attached hydrogen (secondary N) is 1. The molecule has 1 aromatic heterocycles. The van der Waals surface area contributed by atoms with E-state index in [2.05, 4.69) is 5.32 Å². The molecular formula is C17H22N2O4S. The molecule has 0 aliphatic rings. The zero-order chi connectivity index (χ0) is 17.5. The fourth-order valence-electron chi connectivity index (χ4n) is 2.48. The summed E-state index contributed by atoms with van der Waals surface area (Å²) in [5.74, 6) is 0.243. The average molecular weight is 350 g/mol. The monoisotopic (exact) mass is 350 g/mol. The van der Waals surface area contributed by atoms with Crippen LogP contribution in [0.1, 0.15) is 12.8 Å². The molecule has 1 atom stereocenters. The predicted octanol–water partition coefficient (Wildman–Crippen LogP) is 2.36. The minimum atomic E-state index is -0.990. The maximum atomic E-state index is 12.0. The number of nitrogens with zero attached hydrogens (tertiary/aromatic N) is 1. The summed E-state index contributed by atoms with van der Waals surface area (Å²) in [6.07, 6.45) is 4.49. The van der Waals surface area contributed by atoms with Gasteiger partial charge in [-0.2, -0.15) is 11.8 Å². The lowest BCUT2D eigenvalue weighted by Crippen LogP contribution is -2.41. The molecule has 0 bridgehead atoms. The molecule has 1 aromatic carbocycles. The average Bonchev–Trinajstić information content (AvgIpc) is 2.98. The number of carbonyl (C=O) groups excluding carboxylic acids is 1. The Hall–Kier alpha value is -2.15. The number of aromatic nitrogens is 1. The summed E-state index contributed by atoms with van der Waals surface area (Å²) in [5, 5.41) is 12.8. The van der Waals surface area contributed by atoms with E-state index in [0.29, 0.717) is 18.7 Å². The first-order chi connectivity index (χ1) is 11.5. The summed E-state index contributed by atoms with van der Waals surface area (Å²) in [7, 11) is 1.62. The number of carbonyl (C=O) groups is 2. The van der Waals surface area contributed by atoms with Crippen LogP contribution in [0, 0.1) is 0 Å². The number of hydrogen-bond donors (Lipinski definition) is 2. The number of fused-ring (bicyclic) bond motifs is 1. The van der Waals surface area contributed by atoms with E-state index < -0.39 is 12.0 Å². The topological polar surface area (TPSA) is 80.6 Å². The highest BCUT2D eigenvalue weighted by molar-refractivity contribution is 7.98. The fourth-order valence-corrected chi connectivity index (χ4v) is 2.95. The van der Waals surface area contributed by atoms with Crippen LogP contribution in [0.3, 0.4) is 0 Å². The van der Waals surface area contributed by atoms with Gasteiger partial charge in [0.15, 0.2) is 0 Å².